The van der Waals surface area contributed by atoms with Crippen molar-refractivity contribution in [3.05, 3.63) is 52.0 Å². The molecule has 0 saturated heterocycles. The molecule has 0 radical (unpaired) electrons. The molecule has 0 aliphatic carbocycles. The summed E-state index contributed by atoms with van der Waals surface area (Å²) in [4.78, 5) is 10.8. The predicted molar refractivity (Wildman–Crippen MR) is 74.0 cm³/mol. The van der Waals surface area contributed by atoms with E-state index in [-0.39, 0.29) is 21.2 Å². The zero-order chi connectivity index (χ0) is 15.6. The van der Waals surface area contributed by atoms with Gasteiger partial charge in [-0.2, -0.15) is 0 Å². The number of halogens is 5. The molecule has 2 rings (SSSR count). The van der Waals surface area contributed by atoms with E-state index in [0.29, 0.717) is 11.8 Å². The average Bonchev–Trinajstić information content (AvgIpc) is 2.36. The van der Waals surface area contributed by atoms with Crippen molar-refractivity contribution < 1.29 is 22.7 Å². The Morgan fingerprint density at radius 1 is 1.00 bits per heavy atom. The molecule has 0 aliphatic heterocycles. The van der Waals surface area contributed by atoms with Gasteiger partial charge in [0.1, 0.15) is 12.0 Å². The van der Waals surface area contributed by atoms with E-state index >= 15 is 0 Å². The molecular weight excluding hydrogens is 328 g/mol. The number of hydrogen-bond acceptors (Lipinski definition) is 2. The van der Waals surface area contributed by atoms with E-state index in [4.69, 9.17) is 23.2 Å². The number of benzene rings is 2. The predicted octanol–water partition coefficient (Wildman–Crippen LogP) is 5.37. The van der Waals surface area contributed by atoms with Gasteiger partial charge in [0.15, 0.2) is 0 Å². The fourth-order valence-corrected chi connectivity index (χ4v) is 2.30. The summed E-state index contributed by atoms with van der Waals surface area (Å²) in [7, 11) is 0. The summed E-state index contributed by atoms with van der Waals surface area (Å²) >= 11 is 11.7. The maximum Gasteiger partial charge on any atom is 0.573 e. The third-order valence-corrected chi connectivity index (χ3v) is 2.98. The van der Waals surface area contributed by atoms with Gasteiger partial charge in [-0.1, -0.05) is 23.2 Å². The highest BCUT2D eigenvalue weighted by Gasteiger charge is 2.32. The Morgan fingerprint density at radius 3 is 2.14 bits per heavy atom. The molecule has 0 aromatic heterocycles. The fourth-order valence-electron chi connectivity index (χ4n) is 1.77. The quantitative estimate of drug-likeness (QED) is 0.705. The molecule has 0 fully saturated rings. The minimum atomic E-state index is -4.85. The van der Waals surface area contributed by atoms with Crippen molar-refractivity contribution >= 4 is 29.5 Å². The highest BCUT2D eigenvalue weighted by Crippen LogP contribution is 2.36. The van der Waals surface area contributed by atoms with Gasteiger partial charge in [-0.05, 0) is 42.0 Å². The van der Waals surface area contributed by atoms with E-state index in [1.807, 2.05) is 0 Å². The maximum absolute atomic E-state index is 12.4. The molecule has 0 heterocycles. The standard InChI is InChI=1S/C14H7Cl2F3O2/c15-10-4-9(5-11(16)6-10)12-3-8(7-20)1-2-13(12)21-14(17,18)19/h1-7H. The molecule has 2 nitrogen and oxygen atoms in total. The molecule has 0 bridgehead atoms. The van der Waals surface area contributed by atoms with Crippen molar-refractivity contribution in [3.8, 4) is 16.9 Å². The molecule has 2 aromatic rings. The number of rotatable bonds is 3. The van der Waals surface area contributed by atoms with E-state index in [9.17, 15) is 18.0 Å². The van der Waals surface area contributed by atoms with Crippen molar-refractivity contribution in [3.63, 3.8) is 0 Å². The molecule has 110 valence electrons. The molecule has 0 amide bonds. The number of aldehydes is 1. The Balaban J connectivity index is 2.60. The molecule has 0 spiro atoms. The Bertz CT molecular complexity index is 664. The second kappa shape index (κ2) is 5.95. The molecular formula is C14H7Cl2F3O2. The van der Waals surface area contributed by atoms with Crippen LogP contribution in [0, 0.1) is 0 Å². The lowest BCUT2D eigenvalue weighted by molar-refractivity contribution is -0.274. The first-order chi connectivity index (χ1) is 9.78. The number of carbonyl (C=O) groups excluding carboxylic acids is 1. The molecule has 0 N–H and O–H groups in total. The monoisotopic (exact) mass is 334 g/mol. The SMILES string of the molecule is O=Cc1ccc(OC(F)(F)F)c(-c2cc(Cl)cc(Cl)c2)c1. The van der Waals surface area contributed by atoms with Crippen molar-refractivity contribution in [1.29, 1.82) is 0 Å². The van der Waals surface area contributed by atoms with Crippen molar-refractivity contribution in [1.82, 2.24) is 0 Å². The summed E-state index contributed by atoms with van der Waals surface area (Å²) in [6.45, 7) is 0. The molecule has 0 saturated carbocycles. The molecule has 2 aromatic carbocycles. The van der Waals surface area contributed by atoms with Gasteiger partial charge >= 0.3 is 6.36 Å². The zero-order valence-electron chi connectivity index (χ0n) is 10.2. The summed E-state index contributed by atoms with van der Waals surface area (Å²) in [5.74, 6) is -0.438. The summed E-state index contributed by atoms with van der Waals surface area (Å²) in [6, 6.07) is 7.88. The van der Waals surface area contributed by atoms with Gasteiger partial charge in [-0.3, -0.25) is 4.79 Å². The first-order valence-corrected chi connectivity index (χ1v) is 6.35. The van der Waals surface area contributed by atoms with Gasteiger partial charge in [0.25, 0.3) is 0 Å². The van der Waals surface area contributed by atoms with Crippen LogP contribution in [0.1, 0.15) is 10.4 Å². The van der Waals surface area contributed by atoms with Crippen LogP contribution < -0.4 is 4.74 Å². The summed E-state index contributed by atoms with van der Waals surface area (Å²) in [5, 5.41) is 0.513. The van der Waals surface area contributed by atoms with Crippen LogP contribution in [0.3, 0.4) is 0 Å². The van der Waals surface area contributed by atoms with Gasteiger partial charge in [-0.25, -0.2) is 0 Å². The summed E-state index contributed by atoms with van der Waals surface area (Å²) < 4.78 is 41.3. The van der Waals surface area contributed by atoms with Crippen LogP contribution in [0.4, 0.5) is 13.2 Å². The third-order valence-electron chi connectivity index (χ3n) is 2.54. The number of ether oxygens (including phenoxy) is 1. The Morgan fingerprint density at radius 2 is 1.62 bits per heavy atom. The molecule has 7 heteroatoms. The highest BCUT2D eigenvalue weighted by molar-refractivity contribution is 6.35. The Labute approximate surface area is 128 Å². The highest BCUT2D eigenvalue weighted by atomic mass is 35.5. The van der Waals surface area contributed by atoms with E-state index in [2.05, 4.69) is 4.74 Å². The van der Waals surface area contributed by atoms with Crippen LogP contribution in [-0.4, -0.2) is 12.6 Å². The lowest BCUT2D eigenvalue weighted by atomic mass is 10.0. The molecule has 21 heavy (non-hydrogen) atoms. The largest absolute Gasteiger partial charge is 0.573 e. The fraction of sp³-hybridized carbons (Fsp3) is 0.0714. The summed E-state index contributed by atoms with van der Waals surface area (Å²) in [5.41, 5.74) is 0.590. The second-order valence-electron chi connectivity index (χ2n) is 4.08. The minimum absolute atomic E-state index is 0.0707. The third kappa shape index (κ3) is 4.12. The van der Waals surface area contributed by atoms with Gasteiger partial charge in [0.2, 0.25) is 0 Å². The summed E-state index contributed by atoms with van der Waals surface area (Å²) in [6.07, 6.45) is -4.33. The van der Waals surface area contributed by atoms with Crippen LogP contribution in [0.15, 0.2) is 36.4 Å². The number of carbonyl (C=O) groups is 1. The number of hydrogen-bond donors (Lipinski definition) is 0. The van der Waals surface area contributed by atoms with Crippen LogP contribution in [0.5, 0.6) is 5.75 Å². The van der Waals surface area contributed by atoms with E-state index < -0.39 is 12.1 Å². The maximum atomic E-state index is 12.4. The molecule has 0 unspecified atom stereocenters. The van der Waals surface area contributed by atoms with Crippen LogP contribution in [0.2, 0.25) is 10.0 Å². The van der Waals surface area contributed by atoms with E-state index in [1.165, 1.54) is 30.3 Å². The molecule has 0 aliphatic rings. The number of alkyl halides is 3. The average molecular weight is 335 g/mol. The van der Waals surface area contributed by atoms with Crippen molar-refractivity contribution in [2.45, 2.75) is 6.36 Å². The molecule has 0 atom stereocenters. The van der Waals surface area contributed by atoms with Crippen LogP contribution >= 0.6 is 23.2 Å². The van der Waals surface area contributed by atoms with E-state index in [0.717, 1.165) is 6.07 Å². The first kappa shape index (κ1) is 15.7. The first-order valence-electron chi connectivity index (χ1n) is 5.60. The normalized spacial score (nSPS) is 11.3. The second-order valence-corrected chi connectivity index (χ2v) is 4.95. The van der Waals surface area contributed by atoms with Gasteiger partial charge < -0.3 is 4.74 Å². The lowest BCUT2D eigenvalue weighted by Gasteiger charge is -2.14. The van der Waals surface area contributed by atoms with Gasteiger partial charge in [0.05, 0.1) is 0 Å². The lowest BCUT2D eigenvalue weighted by Crippen LogP contribution is -2.17. The van der Waals surface area contributed by atoms with E-state index in [1.54, 1.807) is 0 Å². The minimum Gasteiger partial charge on any atom is -0.405 e. The zero-order valence-corrected chi connectivity index (χ0v) is 11.8. The van der Waals surface area contributed by atoms with Crippen LogP contribution in [-0.2, 0) is 0 Å². The van der Waals surface area contributed by atoms with Gasteiger partial charge in [0, 0.05) is 21.2 Å². The Hall–Kier alpha value is -1.72. The van der Waals surface area contributed by atoms with Crippen molar-refractivity contribution in [2.75, 3.05) is 0 Å². The van der Waals surface area contributed by atoms with Crippen LogP contribution in [0.25, 0.3) is 11.1 Å². The van der Waals surface area contributed by atoms with Crippen molar-refractivity contribution in [2.24, 2.45) is 0 Å². The smallest absolute Gasteiger partial charge is 0.405 e. The van der Waals surface area contributed by atoms with Gasteiger partial charge in [-0.15, -0.1) is 13.2 Å². The Kier molecular flexibility index (Phi) is 4.44. The topological polar surface area (TPSA) is 26.3 Å².